The van der Waals surface area contributed by atoms with Gasteiger partial charge in [-0.3, -0.25) is 9.69 Å². The number of anilines is 2. The molecule has 0 radical (unpaired) electrons. The van der Waals surface area contributed by atoms with Crippen molar-refractivity contribution in [3.05, 3.63) is 76.8 Å². The highest BCUT2D eigenvalue weighted by Crippen LogP contribution is 2.39. The molecule has 10 nitrogen and oxygen atoms in total. The van der Waals surface area contributed by atoms with Gasteiger partial charge in [0, 0.05) is 35.3 Å². The van der Waals surface area contributed by atoms with E-state index in [-0.39, 0.29) is 11.4 Å². The zero-order valence-corrected chi connectivity index (χ0v) is 25.4. The third-order valence-electron chi connectivity index (χ3n) is 7.40. The number of hydrogen-bond donors (Lipinski definition) is 1. The van der Waals surface area contributed by atoms with Gasteiger partial charge in [-0.25, -0.2) is 19.5 Å². The molecule has 0 saturated heterocycles. The van der Waals surface area contributed by atoms with Gasteiger partial charge in [0.15, 0.2) is 5.65 Å². The summed E-state index contributed by atoms with van der Waals surface area (Å²) in [5.74, 6) is 1.86. The van der Waals surface area contributed by atoms with E-state index in [0.717, 1.165) is 39.4 Å². The lowest BCUT2D eigenvalue weighted by Crippen LogP contribution is -2.38. The zero-order valence-electron chi connectivity index (χ0n) is 23.8. The topological polar surface area (TPSA) is 101 Å². The number of carbonyl (C=O) groups excluding carboxylic acids is 1. The van der Waals surface area contributed by atoms with Crippen LogP contribution in [0.5, 0.6) is 11.5 Å². The van der Waals surface area contributed by atoms with Gasteiger partial charge < -0.3 is 15.0 Å². The molecule has 0 bridgehead atoms. The molecule has 1 aliphatic heterocycles. The van der Waals surface area contributed by atoms with Crippen LogP contribution in [-0.4, -0.2) is 65.9 Å². The first kappa shape index (κ1) is 28.1. The van der Waals surface area contributed by atoms with Crippen LogP contribution in [0.4, 0.5) is 11.5 Å². The van der Waals surface area contributed by atoms with Crippen LogP contribution in [0.3, 0.4) is 0 Å². The number of likely N-dealkylation sites (N-methyl/N-ethyl adjacent to an activating group) is 1. The molecule has 42 heavy (non-hydrogen) atoms. The van der Waals surface area contributed by atoms with Gasteiger partial charge in [0.05, 0.1) is 23.2 Å². The van der Waals surface area contributed by atoms with E-state index in [0.29, 0.717) is 35.4 Å². The Morgan fingerprint density at radius 3 is 2.86 bits per heavy atom. The summed E-state index contributed by atoms with van der Waals surface area (Å²) in [6, 6.07) is 9.16. The normalized spacial score (nSPS) is 13.8. The lowest BCUT2D eigenvalue weighted by molar-refractivity contribution is -0.126. The Morgan fingerprint density at radius 1 is 1.19 bits per heavy atom. The Labute approximate surface area is 252 Å². The van der Waals surface area contributed by atoms with Crippen LogP contribution in [0, 0.1) is 0 Å². The molecular formula is C30H31ClN8O2S. The highest BCUT2D eigenvalue weighted by molar-refractivity contribution is 7.19. The number of nitrogens with one attached hydrogen (secondary N) is 1. The van der Waals surface area contributed by atoms with Gasteiger partial charge in [0.25, 0.3) is 0 Å². The van der Waals surface area contributed by atoms with Crippen LogP contribution in [0.15, 0.2) is 61.3 Å². The third kappa shape index (κ3) is 5.80. The number of halogens is 1. The molecule has 6 rings (SSSR count). The molecule has 4 aromatic heterocycles. The quantitative estimate of drug-likeness (QED) is 0.223. The van der Waals surface area contributed by atoms with Crippen LogP contribution >= 0.6 is 22.9 Å². The molecule has 216 valence electrons. The minimum absolute atomic E-state index is 0.0306. The van der Waals surface area contributed by atoms with E-state index in [1.165, 1.54) is 11.9 Å². The molecule has 1 aliphatic rings. The van der Waals surface area contributed by atoms with E-state index < -0.39 is 0 Å². The Bertz CT molecular complexity index is 1810. The fourth-order valence-electron chi connectivity index (χ4n) is 4.69. The molecule has 5 heterocycles. The van der Waals surface area contributed by atoms with Gasteiger partial charge >= 0.3 is 0 Å². The molecular weight excluding hydrogens is 572 g/mol. The average Bonchev–Trinajstić information content (AvgIpc) is 3.58. The summed E-state index contributed by atoms with van der Waals surface area (Å²) in [5, 5.41) is 9.00. The first-order valence-corrected chi connectivity index (χ1v) is 14.8. The number of nitrogens with zero attached hydrogens (tertiary/aromatic N) is 7. The molecule has 0 fully saturated rings. The van der Waals surface area contributed by atoms with Crippen LogP contribution < -0.4 is 10.1 Å². The Balaban J connectivity index is 1.16. The van der Waals surface area contributed by atoms with Crippen molar-refractivity contribution in [2.75, 3.05) is 25.5 Å². The Morgan fingerprint density at radius 2 is 2.05 bits per heavy atom. The smallest absolute Gasteiger partial charge is 0.246 e. The summed E-state index contributed by atoms with van der Waals surface area (Å²) in [4.78, 5) is 32.3. The maximum Gasteiger partial charge on any atom is 0.246 e. The minimum atomic E-state index is 0.0306. The van der Waals surface area contributed by atoms with Crippen molar-refractivity contribution in [1.82, 2.24) is 34.4 Å². The highest BCUT2D eigenvalue weighted by Gasteiger charge is 2.26. The van der Waals surface area contributed by atoms with Crippen LogP contribution in [0.25, 0.3) is 15.9 Å². The molecule has 1 aromatic carbocycles. The molecule has 0 unspecified atom stereocenters. The van der Waals surface area contributed by atoms with Gasteiger partial charge in [-0.1, -0.05) is 17.7 Å². The van der Waals surface area contributed by atoms with Gasteiger partial charge in [0.1, 0.15) is 34.8 Å². The lowest BCUT2D eigenvalue weighted by atomic mass is 10.0. The lowest BCUT2D eigenvalue weighted by Gasteiger charge is -2.31. The second-order valence-electron chi connectivity index (χ2n) is 11.2. The minimum Gasteiger partial charge on any atom is -0.454 e. The molecule has 1 amide bonds. The summed E-state index contributed by atoms with van der Waals surface area (Å²) >= 11 is 8.21. The van der Waals surface area contributed by atoms with Crippen molar-refractivity contribution in [3.8, 4) is 11.5 Å². The van der Waals surface area contributed by atoms with Crippen molar-refractivity contribution in [2.24, 2.45) is 0 Å². The average molecular weight is 603 g/mol. The van der Waals surface area contributed by atoms with E-state index in [1.54, 1.807) is 34.5 Å². The summed E-state index contributed by atoms with van der Waals surface area (Å²) in [6.07, 6.45) is 9.17. The number of amides is 1. The molecule has 0 aliphatic carbocycles. The van der Waals surface area contributed by atoms with E-state index >= 15 is 0 Å². The van der Waals surface area contributed by atoms with Crippen LogP contribution in [0.2, 0.25) is 5.02 Å². The number of rotatable bonds is 7. The molecule has 5 aromatic rings. The molecule has 1 N–H and O–H groups in total. The number of hydrogen-bond acceptors (Lipinski definition) is 9. The van der Waals surface area contributed by atoms with E-state index in [1.807, 2.05) is 41.3 Å². The summed E-state index contributed by atoms with van der Waals surface area (Å²) in [5.41, 5.74) is 2.74. The number of pyridine rings is 1. The maximum absolute atomic E-state index is 12.9. The monoisotopic (exact) mass is 602 g/mol. The van der Waals surface area contributed by atoms with Crippen molar-refractivity contribution < 1.29 is 9.53 Å². The Kier molecular flexibility index (Phi) is 7.56. The van der Waals surface area contributed by atoms with Crippen molar-refractivity contribution >= 4 is 56.2 Å². The predicted molar refractivity (Wildman–Crippen MR) is 166 cm³/mol. The van der Waals surface area contributed by atoms with E-state index in [9.17, 15) is 4.79 Å². The van der Waals surface area contributed by atoms with Gasteiger partial charge in [-0.05, 0) is 70.1 Å². The molecule has 12 heteroatoms. The molecule has 0 spiro atoms. The molecule has 0 saturated carbocycles. The fraction of sp³-hybridized carbons (Fsp3) is 0.300. The van der Waals surface area contributed by atoms with Gasteiger partial charge in [0.2, 0.25) is 5.91 Å². The van der Waals surface area contributed by atoms with Crippen molar-refractivity contribution in [1.29, 1.82) is 0 Å². The fourth-order valence-corrected chi connectivity index (χ4v) is 6.11. The summed E-state index contributed by atoms with van der Waals surface area (Å²) in [6.45, 7) is 8.39. The zero-order chi connectivity index (χ0) is 29.4. The van der Waals surface area contributed by atoms with E-state index in [4.69, 9.17) is 16.3 Å². The maximum atomic E-state index is 12.9. The summed E-state index contributed by atoms with van der Waals surface area (Å²) in [7, 11) is 2.06. The Hall–Kier alpha value is -4.06. The number of ether oxygens (including phenoxy) is 1. The standard InChI is InChI=1S/C30H31ClN8O2S/c1-30(2,3)37(4)12-5-6-26(40)38-13-11-21-24(16-38)42-29-27(21)28(33-17-34-29)36-19-7-9-23(22(31)14-19)41-20-8-10-25-32-18-35-39(25)15-20/h5-10,14-15,17-18H,11-13,16H2,1-4H3,(H,33,34,36)/b6-5+. The first-order valence-electron chi connectivity index (χ1n) is 13.6. The van der Waals surface area contributed by atoms with Crippen LogP contribution in [-0.2, 0) is 17.8 Å². The first-order chi connectivity index (χ1) is 20.2. The number of thiophene rings is 1. The second kappa shape index (κ2) is 11.3. The van der Waals surface area contributed by atoms with Crippen molar-refractivity contribution in [3.63, 3.8) is 0 Å². The SMILES string of the molecule is CN(C/C=C/C(=O)N1CCc2c(sc3ncnc(Nc4ccc(Oc5ccc6ncnn6c5)c(Cl)c4)c23)C1)C(C)(C)C. The van der Waals surface area contributed by atoms with Gasteiger partial charge in [-0.2, -0.15) is 5.10 Å². The number of aromatic nitrogens is 5. The number of benzene rings is 1. The van der Waals surface area contributed by atoms with Crippen molar-refractivity contribution in [2.45, 2.75) is 39.3 Å². The number of fused-ring (bicyclic) bond motifs is 4. The number of carbonyl (C=O) groups is 1. The predicted octanol–water partition coefficient (Wildman–Crippen LogP) is 6.09. The van der Waals surface area contributed by atoms with E-state index in [2.05, 4.69) is 58.1 Å². The van der Waals surface area contributed by atoms with Gasteiger partial charge in [-0.15, -0.1) is 11.3 Å². The summed E-state index contributed by atoms with van der Waals surface area (Å²) < 4.78 is 7.63. The second-order valence-corrected chi connectivity index (χ2v) is 12.7. The largest absolute Gasteiger partial charge is 0.454 e. The third-order valence-corrected chi connectivity index (χ3v) is 8.82. The molecule has 0 atom stereocenters. The highest BCUT2D eigenvalue weighted by atomic mass is 35.5. The van der Waals surface area contributed by atoms with Crippen LogP contribution in [0.1, 0.15) is 31.2 Å².